The molecule has 1 fully saturated rings. The maximum atomic E-state index is 12.2. The van der Waals surface area contributed by atoms with E-state index in [-0.39, 0.29) is 17.6 Å². The third-order valence-corrected chi connectivity index (χ3v) is 6.59. The smallest absolute Gasteiger partial charge is 0.338 e. The molecule has 10 nitrogen and oxygen atoms in total. The van der Waals surface area contributed by atoms with Gasteiger partial charge < -0.3 is 16.6 Å². The largest absolute Gasteiger partial charge is 0.478 e. The molecule has 0 radical (unpaired) electrons. The van der Waals surface area contributed by atoms with Crippen LogP contribution in [-0.2, 0) is 16.6 Å². The number of carboxylic acid groups (broad SMARTS) is 1. The molecule has 0 bridgehead atoms. The lowest BCUT2D eigenvalue weighted by Crippen LogP contribution is -2.40. The van der Waals surface area contributed by atoms with Crippen molar-refractivity contribution < 1.29 is 18.3 Å². The van der Waals surface area contributed by atoms with E-state index in [1.165, 1.54) is 12.4 Å². The number of aromatic nitrogens is 3. The summed E-state index contributed by atoms with van der Waals surface area (Å²) in [6, 6.07) is 6.89. The van der Waals surface area contributed by atoms with Crippen molar-refractivity contribution in [1.29, 1.82) is 0 Å². The topological polar surface area (TPSA) is 166 Å². The molecule has 2 aromatic heterocycles. The molecule has 1 aromatic carbocycles. The van der Waals surface area contributed by atoms with Crippen LogP contribution in [-0.4, -0.2) is 45.9 Å². The summed E-state index contributed by atoms with van der Waals surface area (Å²) in [5.74, 6) is -0.488. The predicted octanol–water partition coefficient (Wildman–Crippen LogP) is 1.12. The molecule has 31 heavy (non-hydrogen) atoms. The quantitative estimate of drug-likeness (QED) is 0.452. The molecule has 1 aliphatic carbocycles. The molecule has 4 rings (SSSR count). The van der Waals surface area contributed by atoms with Crippen LogP contribution in [0.2, 0.25) is 0 Å². The Morgan fingerprint density at radius 3 is 2.45 bits per heavy atom. The molecule has 1 aliphatic rings. The van der Waals surface area contributed by atoms with E-state index in [9.17, 15) is 13.2 Å². The zero-order chi connectivity index (χ0) is 22.4. The molecule has 0 aliphatic heterocycles. The number of carboxylic acids is 1. The van der Waals surface area contributed by atoms with Crippen LogP contribution in [0.1, 0.15) is 41.6 Å². The SMILES string of the molecule is NCc1ccc(S(=O)(=O)NC2CCC(N)CC2)cc1.O=C(O)c1cnc2nccn2c1. The van der Waals surface area contributed by atoms with Gasteiger partial charge in [0.1, 0.15) is 0 Å². The highest BCUT2D eigenvalue weighted by Gasteiger charge is 2.24. The molecule has 6 N–H and O–H groups in total. The first-order valence-corrected chi connectivity index (χ1v) is 11.4. The van der Waals surface area contributed by atoms with Crippen molar-refractivity contribution in [3.8, 4) is 0 Å². The molecule has 0 spiro atoms. The number of hydrogen-bond donors (Lipinski definition) is 4. The second kappa shape index (κ2) is 9.96. The zero-order valence-electron chi connectivity index (χ0n) is 16.9. The van der Waals surface area contributed by atoms with Crippen molar-refractivity contribution in [2.24, 2.45) is 11.5 Å². The summed E-state index contributed by atoms with van der Waals surface area (Å²) in [4.78, 5) is 18.5. The van der Waals surface area contributed by atoms with Gasteiger partial charge in [-0.05, 0) is 43.4 Å². The Hall–Kier alpha value is -2.86. The molecule has 0 saturated heterocycles. The molecule has 3 aromatic rings. The Labute approximate surface area is 180 Å². The van der Waals surface area contributed by atoms with Crippen molar-refractivity contribution in [3.63, 3.8) is 0 Å². The Morgan fingerprint density at radius 1 is 1.16 bits per heavy atom. The first kappa shape index (κ1) is 22.8. The average Bonchev–Trinajstić information content (AvgIpc) is 3.23. The summed E-state index contributed by atoms with van der Waals surface area (Å²) in [7, 11) is -3.43. The fourth-order valence-electron chi connectivity index (χ4n) is 3.26. The second-order valence-corrected chi connectivity index (χ2v) is 9.08. The van der Waals surface area contributed by atoms with Crippen LogP contribution < -0.4 is 16.2 Å². The van der Waals surface area contributed by atoms with Crippen LogP contribution in [0.4, 0.5) is 0 Å². The van der Waals surface area contributed by atoms with Gasteiger partial charge >= 0.3 is 5.97 Å². The van der Waals surface area contributed by atoms with E-state index in [2.05, 4.69) is 14.7 Å². The van der Waals surface area contributed by atoms with Crippen LogP contribution in [0.15, 0.2) is 53.9 Å². The maximum absolute atomic E-state index is 12.2. The number of rotatable bonds is 5. The monoisotopic (exact) mass is 446 g/mol. The van der Waals surface area contributed by atoms with Gasteiger partial charge in [0.2, 0.25) is 15.8 Å². The molecule has 1 saturated carbocycles. The van der Waals surface area contributed by atoms with Gasteiger partial charge in [0.15, 0.2) is 0 Å². The lowest BCUT2D eigenvalue weighted by atomic mass is 9.93. The van der Waals surface area contributed by atoms with E-state index in [1.54, 1.807) is 41.1 Å². The Balaban J connectivity index is 0.000000194. The van der Waals surface area contributed by atoms with E-state index in [0.717, 1.165) is 31.2 Å². The highest BCUT2D eigenvalue weighted by molar-refractivity contribution is 7.89. The van der Waals surface area contributed by atoms with Crippen LogP contribution in [0.5, 0.6) is 0 Å². The van der Waals surface area contributed by atoms with Gasteiger partial charge in [-0.1, -0.05) is 12.1 Å². The third kappa shape index (κ3) is 6.07. The standard InChI is InChI=1S/C13H21N3O2S.C7H5N3O2/c14-9-10-1-7-13(8-2-10)19(17,18)16-12-5-3-11(15)4-6-12;11-6(12)5-3-9-7-8-1-2-10(7)4-5/h1-2,7-8,11-12,16H,3-6,9,14-15H2;1-4H,(H,11,12). The Morgan fingerprint density at radius 2 is 1.84 bits per heavy atom. The number of aromatic carboxylic acids is 1. The Kier molecular flexibility index (Phi) is 7.33. The molecule has 166 valence electrons. The van der Waals surface area contributed by atoms with Gasteiger partial charge in [0.25, 0.3) is 0 Å². The van der Waals surface area contributed by atoms with Crippen molar-refractivity contribution in [2.45, 2.75) is 49.2 Å². The lowest BCUT2D eigenvalue weighted by Gasteiger charge is -2.26. The number of hydrogen-bond acceptors (Lipinski definition) is 7. The summed E-state index contributed by atoms with van der Waals surface area (Å²) in [5, 5.41) is 8.61. The molecule has 11 heteroatoms. The van der Waals surface area contributed by atoms with E-state index >= 15 is 0 Å². The first-order valence-electron chi connectivity index (χ1n) is 9.87. The fourth-order valence-corrected chi connectivity index (χ4v) is 4.56. The summed E-state index contributed by atoms with van der Waals surface area (Å²) in [5.41, 5.74) is 12.4. The molecular formula is C20H26N6O4S. The Bertz CT molecular complexity index is 1120. The molecular weight excluding hydrogens is 420 g/mol. The number of carbonyl (C=O) groups is 1. The number of nitrogens with two attached hydrogens (primary N) is 2. The summed E-state index contributed by atoms with van der Waals surface area (Å²) in [6.45, 7) is 0.411. The molecule has 0 unspecified atom stereocenters. The van der Waals surface area contributed by atoms with Crippen molar-refractivity contribution in [2.75, 3.05) is 0 Å². The van der Waals surface area contributed by atoms with E-state index in [0.29, 0.717) is 17.2 Å². The number of nitrogens with zero attached hydrogens (tertiary/aromatic N) is 3. The van der Waals surface area contributed by atoms with E-state index < -0.39 is 16.0 Å². The molecule has 0 amide bonds. The minimum absolute atomic E-state index is 0.000940. The summed E-state index contributed by atoms with van der Waals surface area (Å²) >= 11 is 0. The first-order chi connectivity index (χ1) is 14.8. The van der Waals surface area contributed by atoms with Crippen molar-refractivity contribution in [3.05, 3.63) is 60.2 Å². The normalized spacial score (nSPS) is 18.9. The van der Waals surface area contributed by atoms with E-state index in [4.69, 9.17) is 16.6 Å². The number of fused-ring (bicyclic) bond motifs is 1. The van der Waals surface area contributed by atoms with Crippen LogP contribution in [0.25, 0.3) is 5.78 Å². The van der Waals surface area contributed by atoms with Gasteiger partial charge in [0, 0.05) is 43.4 Å². The minimum atomic E-state index is -3.43. The minimum Gasteiger partial charge on any atom is -0.478 e. The second-order valence-electron chi connectivity index (χ2n) is 7.36. The molecule has 0 atom stereocenters. The number of benzene rings is 1. The maximum Gasteiger partial charge on any atom is 0.338 e. The van der Waals surface area contributed by atoms with Gasteiger partial charge in [-0.3, -0.25) is 4.40 Å². The van der Waals surface area contributed by atoms with Gasteiger partial charge in [0.05, 0.1) is 10.5 Å². The van der Waals surface area contributed by atoms with Gasteiger partial charge in [-0.2, -0.15) is 0 Å². The zero-order valence-corrected chi connectivity index (χ0v) is 17.7. The highest BCUT2D eigenvalue weighted by Crippen LogP contribution is 2.19. The van der Waals surface area contributed by atoms with Crippen LogP contribution in [0, 0.1) is 0 Å². The number of nitrogens with one attached hydrogen (secondary N) is 1. The van der Waals surface area contributed by atoms with Crippen LogP contribution in [0.3, 0.4) is 0 Å². The van der Waals surface area contributed by atoms with E-state index in [1.807, 2.05) is 0 Å². The molecule has 2 heterocycles. The van der Waals surface area contributed by atoms with Crippen molar-refractivity contribution >= 4 is 21.8 Å². The van der Waals surface area contributed by atoms with Gasteiger partial charge in [-0.25, -0.2) is 27.9 Å². The van der Waals surface area contributed by atoms with Gasteiger partial charge in [-0.15, -0.1) is 0 Å². The highest BCUT2D eigenvalue weighted by atomic mass is 32.2. The average molecular weight is 447 g/mol. The summed E-state index contributed by atoms with van der Waals surface area (Å²) < 4.78 is 28.7. The fraction of sp³-hybridized carbons (Fsp3) is 0.350. The summed E-state index contributed by atoms with van der Waals surface area (Å²) in [6.07, 6.45) is 9.33. The predicted molar refractivity (Wildman–Crippen MR) is 115 cm³/mol. The number of sulfonamides is 1. The number of imidazole rings is 1. The third-order valence-electron chi connectivity index (χ3n) is 5.06. The van der Waals surface area contributed by atoms with Crippen molar-refractivity contribution in [1.82, 2.24) is 19.1 Å². The van der Waals surface area contributed by atoms with Crippen LogP contribution >= 0.6 is 0 Å². The lowest BCUT2D eigenvalue weighted by molar-refractivity contribution is 0.0696.